The average Bonchev–Trinajstić information content (AvgIpc) is 3.05. The van der Waals surface area contributed by atoms with Crippen molar-refractivity contribution in [2.24, 2.45) is 17.8 Å². The maximum Gasteiger partial charge on any atom is 0.311 e. The Morgan fingerprint density at radius 2 is 2.11 bits per heavy atom. The van der Waals surface area contributed by atoms with E-state index in [4.69, 9.17) is 4.74 Å². The molecular formula is C21H27ClN2O3. The fraction of sp³-hybridized carbons (Fsp3) is 0.571. The van der Waals surface area contributed by atoms with Gasteiger partial charge in [0.05, 0.1) is 25.2 Å². The van der Waals surface area contributed by atoms with E-state index in [1.54, 1.807) is 0 Å². The zero-order chi connectivity index (χ0) is 17.8. The highest BCUT2D eigenvalue weighted by atomic mass is 35.5. The number of nitrogens with one attached hydrogen (secondary N) is 1. The maximum absolute atomic E-state index is 12.4. The van der Waals surface area contributed by atoms with Crippen molar-refractivity contribution in [2.75, 3.05) is 20.2 Å². The fourth-order valence-corrected chi connectivity index (χ4v) is 5.80. The van der Waals surface area contributed by atoms with E-state index in [1.165, 1.54) is 29.3 Å². The quantitative estimate of drug-likeness (QED) is 0.734. The Labute approximate surface area is 165 Å². The summed E-state index contributed by atoms with van der Waals surface area (Å²) in [4.78, 5) is 18.6. The smallest absolute Gasteiger partial charge is 0.311 e. The number of aliphatic hydroxyl groups is 1. The largest absolute Gasteiger partial charge is 0.469 e. The number of esters is 1. The molecule has 2 fully saturated rings. The standard InChI is InChI=1S/C21H26N2O3.ClH/c1-26-21(25)19-15-10-17-20-14(13-4-2-3-5-16(13)22-20)8-9-23(17)11-12(15)6-7-18(19)24;/h2-5,12,15,17-19,22,24H,6-11H2,1H3;1H/t12-,15-,17-,18-,19+;/m1./s1. The highest BCUT2D eigenvalue weighted by molar-refractivity contribution is 5.85. The first-order valence-electron chi connectivity index (χ1n) is 9.76. The Kier molecular flexibility index (Phi) is 4.95. The number of rotatable bonds is 1. The zero-order valence-electron chi connectivity index (χ0n) is 15.6. The molecule has 1 aliphatic carbocycles. The molecule has 5 nitrogen and oxygen atoms in total. The summed E-state index contributed by atoms with van der Waals surface area (Å²) in [6.07, 6.45) is 3.14. The van der Waals surface area contributed by atoms with Gasteiger partial charge >= 0.3 is 5.97 Å². The predicted octanol–water partition coefficient (Wildman–Crippen LogP) is 3.07. The van der Waals surface area contributed by atoms with Gasteiger partial charge in [-0.25, -0.2) is 0 Å². The normalized spacial score (nSPS) is 32.7. The van der Waals surface area contributed by atoms with E-state index in [0.717, 1.165) is 32.4 Å². The van der Waals surface area contributed by atoms with Crippen LogP contribution < -0.4 is 0 Å². The zero-order valence-corrected chi connectivity index (χ0v) is 16.4. The third-order valence-corrected chi connectivity index (χ3v) is 7.02. The van der Waals surface area contributed by atoms with Crippen LogP contribution in [0.15, 0.2) is 24.3 Å². The van der Waals surface area contributed by atoms with Crippen molar-refractivity contribution >= 4 is 29.3 Å². The van der Waals surface area contributed by atoms with Crippen molar-refractivity contribution in [3.05, 3.63) is 35.5 Å². The van der Waals surface area contributed by atoms with E-state index >= 15 is 0 Å². The molecule has 6 heteroatoms. The van der Waals surface area contributed by atoms with Crippen molar-refractivity contribution in [1.29, 1.82) is 0 Å². The minimum absolute atomic E-state index is 0. The summed E-state index contributed by atoms with van der Waals surface area (Å²) in [7, 11) is 1.43. The Bertz CT molecular complexity index is 851. The summed E-state index contributed by atoms with van der Waals surface area (Å²) in [6, 6.07) is 8.83. The highest BCUT2D eigenvalue weighted by Gasteiger charge is 2.49. The first-order chi connectivity index (χ1) is 12.7. The van der Waals surface area contributed by atoms with E-state index in [-0.39, 0.29) is 30.2 Å². The maximum atomic E-state index is 12.4. The first kappa shape index (κ1) is 18.8. The number of hydrogen-bond donors (Lipinski definition) is 2. The van der Waals surface area contributed by atoms with Crippen LogP contribution in [0.3, 0.4) is 0 Å². The number of piperidine rings is 1. The van der Waals surface area contributed by atoms with Gasteiger partial charge in [0.25, 0.3) is 0 Å². The Morgan fingerprint density at radius 3 is 2.93 bits per heavy atom. The molecule has 3 aliphatic rings. The fourth-order valence-electron chi connectivity index (χ4n) is 5.80. The van der Waals surface area contributed by atoms with Gasteiger partial charge < -0.3 is 14.8 Å². The summed E-state index contributed by atoms with van der Waals surface area (Å²) < 4.78 is 5.04. The van der Waals surface area contributed by atoms with E-state index < -0.39 is 6.10 Å². The number of halogens is 1. The van der Waals surface area contributed by atoms with Gasteiger partial charge in [0, 0.05) is 29.7 Å². The van der Waals surface area contributed by atoms with Crippen LogP contribution in [0.2, 0.25) is 0 Å². The topological polar surface area (TPSA) is 65.6 Å². The Balaban J connectivity index is 0.00000180. The lowest BCUT2D eigenvalue weighted by molar-refractivity contribution is -0.160. The Hall–Kier alpha value is -1.56. The van der Waals surface area contributed by atoms with Crippen molar-refractivity contribution in [1.82, 2.24) is 9.88 Å². The van der Waals surface area contributed by atoms with Crippen LogP contribution in [0.1, 0.15) is 36.6 Å². The molecule has 27 heavy (non-hydrogen) atoms. The van der Waals surface area contributed by atoms with Gasteiger partial charge in [-0.15, -0.1) is 12.4 Å². The van der Waals surface area contributed by atoms with Crippen LogP contribution in [-0.4, -0.2) is 47.3 Å². The van der Waals surface area contributed by atoms with Gasteiger partial charge in [0.15, 0.2) is 0 Å². The second-order valence-corrected chi connectivity index (χ2v) is 8.18. The summed E-state index contributed by atoms with van der Waals surface area (Å²) in [6.45, 7) is 2.10. The first-order valence-corrected chi connectivity index (χ1v) is 9.76. The molecular weight excluding hydrogens is 364 g/mol. The number of H-pyrrole nitrogens is 1. The van der Waals surface area contributed by atoms with Crippen LogP contribution in [-0.2, 0) is 16.0 Å². The van der Waals surface area contributed by atoms with Gasteiger partial charge in [-0.3, -0.25) is 9.69 Å². The van der Waals surface area contributed by atoms with Crippen LogP contribution in [0.5, 0.6) is 0 Å². The number of aliphatic hydroxyl groups excluding tert-OH is 1. The molecule has 1 aromatic heterocycles. The van der Waals surface area contributed by atoms with Gasteiger partial charge in [-0.2, -0.15) is 0 Å². The summed E-state index contributed by atoms with van der Waals surface area (Å²) >= 11 is 0. The number of hydrogen-bond acceptors (Lipinski definition) is 4. The third kappa shape index (κ3) is 2.87. The summed E-state index contributed by atoms with van der Waals surface area (Å²) in [5.41, 5.74) is 3.96. The summed E-state index contributed by atoms with van der Waals surface area (Å²) in [5.74, 6) is 0.0541. The predicted molar refractivity (Wildman–Crippen MR) is 106 cm³/mol. The number of nitrogens with zero attached hydrogens (tertiary/aromatic N) is 1. The molecule has 2 aliphatic heterocycles. The molecule has 1 saturated carbocycles. The third-order valence-electron chi connectivity index (χ3n) is 7.02. The second kappa shape index (κ2) is 7.12. The van der Waals surface area contributed by atoms with E-state index in [0.29, 0.717) is 18.4 Å². The van der Waals surface area contributed by atoms with Crippen molar-refractivity contribution < 1.29 is 14.6 Å². The van der Waals surface area contributed by atoms with Crippen LogP contribution >= 0.6 is 12.4 Å². The number of ether oxygens (including phenoxy) is 1. The lowest BCUT2D eigenvalue weighted by Crippen LogP contribution is -2.53. The van der Waals surface area contributed by atoms with Crippen molar-refractivity contribution in [2.45, 2.75) is 37.8 Å². The lowest BCUT2D eigenvalue weighted by atomic mass is 9.65. The number of fused-ring (bicyclic) bond motifs is 6. The molecule has 146 valence electrons. The van der Waals surface area contributed by atoms with Crippen LogP contribution in [0.25, 0.3) is 10.9 Å². The minimum Gasteiger partial charge on any atom is -0.469 e. The van der Waals surface area contributed by atoms with Crippen LogP contribution in [0.4, 0.5) is 0 Å². The number of para-hydroxylation sites is 1. The summed E-state index contributed by atoms with van der Waals surface area (Å²) in [5, 5.41) is 11.8. The molecule has 0 spiro atoms. The molecule has 1 aromatic carbocycles. The molecule has 3 heterocycles. The highest BCUT2D eigenvalue weighted by Crippen LogP contribution is 2.49. The van der Waals surface area contributed by atoms with Gasteiger partial charge in [-0.05, 0) is 49.1 Å². The number of methoxy groups -OCH3 is 1. The second-order valence-electron chi connectivity index (χ2n) is 8.18. The van der Waals surface area contributed by atoms with Crippen molar-refractivity contribution in [3.8, 4) is 0 Å². The van der Waals surface area contributed by atoms with Gasteiger partial charge in [0.1, 0.15) is 0 Å². The van der Waals surface area contributed by atoms with Gasteiger partial charge in [0.2, 0.25) is 0 Å². The molecule has 0 amide bonds. The van der Waals surface area contributed by atoms with E-state index in [9.17, 15) is 9.90 Å². The number of benzene rings is 1. The van der Waals surface area contributed by atoms with E-state index in [1.807, 2.05) is 0 Å². The molecule has 0 unspecified atom stereocenters. The van der Waals surface area contributed by atoms with E-state index in [2.05, 4.69) is 34.1 Å². The molecule has 0 bridgehead atoms. The lowest BCUT2D eigenvalue weighted by Gasteiger charge is -2.50. The molecule has 1 saturated heterocycles. The number of aromatic amines is 1. The van der Waals surface area contributed by atoms with Gasteiger partial charge in [-0.1, -0.05) is 18.2 Å². The molecule has 2 N–H and O–H groups in total. The van der Waals surface area contributed by atoms with Crippen LogP contribution in [0, 0.1) is 17.8 Å². The Morgan fingerprint density at radius 1 is 1.30 bits per heavy atom. The average molecular weight is 391 g/mol. The minimum atomic E-state index is -0.568. The van der Waals surface area contributed by atoms with Crippen molar-refractivity contribution in [3.63, 3.8) is 0 Å². The molecule has 5 rings (SSSR count). The number of carbonyl (C=O) groups excluding carboxylic acids is 1. The molecule has 0 radical (unpaired) electrons. The molecule has 5 atom stereocenters. The monoisotopic (exact) mass is 390 g/mol. The SMILES string of the molecule is COC(=O)[C@H]1[C@@H]2C[C@@H]3c4[nH]c5ccccc5c4CCN3C[C@H]2CC[C@H]1O.Cl. The number of carbonyl (C=O) groups is 1. The number of aromatic nitrogens is 1. The molecule has 2 aromatic rings.